The van der Waals surface area contributed by atoms with Crippen LogP contribution < -0.4 is 4.74 Å². The summed E-state index contributed by atoms with van der Waals surface area (Å²) in [5.74, 6) is 0.444. The number of nitrogens with zero attached hydrogens (tertiary/aromatic N) is 3. The zero-order valence-electron chi connectivity index (χ0n) is 10.9. The van der Waals surface area contributed by atoms with Crippen molar-refractivity contribution in [3.8, 4) is 6.01 Å². The SMILES string of the molecule is Cc1nc(OCCN2CCCCC2)ncc1CCl. The molecule has 1 aliphatic heterocycles. The van der Waals surface area contributed by atoms with Crippen LogP contribution in [0, 0.1) is 6.92 Å². The number of aromatic nitrogens is 2. The average molecular weight is 270 g/mol. The van der Waals surface area contributed by atoms with Crippen LogP contribution in [0.4, 0.5) is 0 Å². The third-order valence-electron chi connectivity index (χ3n) is 3.29. The predicted octanol–water partition coefficient (Wildman–Crippen LogP) is 2.39. The molecule has 0 bridgehead atoms. The van der Waals surface area contributed by atoms with Gasteiger partial charge in [0.1, 0.15) is 6.61 Å². The highest BCUT2D eigenvalue weighted by Crippen LogP contribution is 2.11. The van der Waals surface area contributed by atoms with Gasteiger partial charge < -0.3 is 4.74 Å². The van der Waals surface area contributed by atoms with Crippen molar-refractivity contribution in [3.63, 3.8) is 0 Å². The van der Waals surface area contributed by atoms with Crippen LogP contribution in [-0.2, 0) is 5.88 Å². The van der Waals surface area contributed by atoms with Gasteiger partial charge in [-0.3, -0.25) is 4.90 Å². The zero-order valence-corrected chi connectivity index (χ0v) is 11.6. The zero-order chi connectivity index (χ0) is 12.8. The molecule has 1 aliphatic rings. The summed E-state index contributed by atoms with van der Waals surface area (Å²) >= 11 is 5.76. The van der Waals surface area contributed by atoms with Crippen molar-refractivity contribution in [1.82, 2.24) is 14.9 Å². The van der Waals surface area contributed by atoms with Gasteiger partial charge in [-0.1, -0.05) is 6.42 Å². The Balaban J connectivity index is 1.77. The van der Waals surface area contributed by atoms with Crippen LogP contribution in [0.3, 0.4) is 0 Å². The molecule has 2 rings (SSSR count). The highest BCUT2D eigenvalue weighted by Gasteiger charge is 2.10. The van der Waals surface area contributed by atoms with Crippen LogP contribution in [0.2, 0.25) is 0 Å². The molecule has 0 spiro atoms. The van der Waals surface area contributed by atoms with Gasteiger partial charge >= 0.3 is 6.01 Å². The lowest BCUT2D eigenvalue weighted by Crippen LogP contribution is -2.33. The molecule has 0 radical (unpaired) electrons. The topological polar surface area (TPSA) is 38.2 Å². The molecule has 100 valence electrons. The summed E-state index contributed by atoms with van der Waals surface area (Å²) in [6.07, 6.45) is 5.71. The fourth-order valence-electron chi connectivity index (χ4n) is 2.12. The highest BCUT2D eigenvalue weighted by atomic mass is 35.5. The van der Waals surface area contributed by atoms with Gasteiger partial charge in [-0.15, -0.1) is 11.6 Å². The van der Waals surface area contributed by atoms with Crippen molar-refractivity contribution in [2.75, 3.05) is 26.2 Å². The number of aryl methyl sites for hydroxylation is 1. The summed E-state index contributed by atoms with van der Waals surface area (Å²) < 4.78 is 5.58. The van der Waals surface area contributed by atoms with E-state index in [1.165, 1.54) is 32.4 Å². The average Bonchev–Trinajstić information content (AvgIpc) is 2.40. The van der Waals surface area contributed by atoms with Crippen molar-refractivity contribution >= 4 is 11.6 Å². The molecule has 1 fully saturated rings. The van der Waals surface area contributed by atoms with Gasteiger partial charge in [0, 0.05) is 24.0 Å². The quantitative estimate of drug-likeness (QED) is 0.770. The van der Waals surface area contributed by atoms with Gasteiger partial charge in [0.15, 0.2) is 0 Å². The van der Waals surface area contributed by atoms with Crippen LogP contribution in [0.1, 0.15) is 30.5 Å². The summed E-state index contributed by atoms with van der Waals surface area (Å²) in [4.78, 5) is 10.9. The minimum atomic E-state index is 0.444. The summed E-state index contributed by atoms with van der Waals surface area (Å²) in [5, 5.41) is 0. The van der Waals surface area contributed by atoms with E-state index in [4.69, 9.17) is 16.3 Å². The van der Waals surface area contributed by atoms with Crippen LogP contribution in [-0.4, -0.2) is 41.1 Å². The second-order valence-corrected chi connectivity index (χ2v) is 4.91. The fourth-order valence-corrected chi connectivity index (χ4v) is 2.38. The van der Waals surface area contributed by atoms with Gasteiger partial charge in [0.25, 0.3) is 0 Å². The van der Waals surface area contributed by atoms with E-state index in [1.807, 2.05) is 6.92 Å². The molecule has 0 unspecified atom stereocenters. The standard InChI is InChI=1S/C13H20ClN3O/c1-11-12(9-14)10-15-13(16-11)18-8-7-17-5-3-2-4-6-17/h10H,2-9H2,1H3. The summed E-state index contributed by atoms with van der Waals surface area (Å²) in [6, 6.07) is 0.457. The second kappa shape index (κ2) is 6.90. The van der Waals surface area contributed by atoms with Crippen LogP contribution in [0.15, 0.2) is 6.20 Å². The fraction of sp³-hybridized carbons (Fsp3) is 0.692. The van der Waals surface area contributed by atoms with Crippen molar-refractivity contribution in [2.45, 2.75) is 32.1 Å². The number of piperidine rings is 1. The Morgan fingerprint density at radius 2 is 2.11 bits per heavy atom. The summed E-state index contributed by atoms with van der Waals surface area (Å²) in [6.45, 7) is 5.92. The first-order valence-electron chi connectivity index (χ1n) is 6.53. The Hall–Kier alpha value is -0.870. The molecule has 0 N–H and O–H groups in total. The molecule has 5 heteroatoms. The van der Waals surface area contributed by atoms with Gasteiger partial charge in [-0.25, -0.2) is 9.97 Å². The van der Waals surface area contributed by atoms with Crippen molar-refractivity contribution < 1.29 is 4.74 Å². The third-order valence-corrected chi connectivity index (χ3v) is 3.58. The highest BCUT2D eigenvalue weighted by molar-refractivity contribution is 6.17. The maximum Gasteiger partial charge on any atom is 0.316 e. The normalized spacial score (nSPS) is 16.8. The molecule has 0 aliphatic carbocycles. The van der Waals surface area contributed by atoms with Crippen molar-refractivity contribution in [2.24, 2.45) is 0 Å². The van der Waals surface area contributed by atoms with E-state index in [-0.39, 0.29) is 0 Å². The second-order valence-electron chi connectivity index (χ2n) is 4.65. The van der Waals surface area contributed by atoms with Crippen LogP contribution in [0.5, 0.6) is 6.01 Å². The molecule has 4 nitrogen and oxygen atoms in total. The lowest BCUT2D eigenvalue weighted by molar-refractivity contribution is 0.177. The maximum atomic E-state index is 5.76. The maximum absolute atomic E-state index is 5.76. The first-order valence-corrected chi connectivity index (χ1v) is 7.06. The third kappa shape index (κ3) is 3.82. The minimum absolute atomic E-state index is 0.444. The van der Waals surface area contributed by atoms with Crippen LogP contribution >= 0.6 is 11.6 Å². The summed E-state index contributed by atoms with van der Waals surface area (Å²) in [7, 11) is 0. The lowest BCUT2D eigenvalue weighted by atomic mass is 10.1. The number of ether oxygens (including phenoxy) is 1. The van der Waals surface area contributed by atoms with E-state index < -0.39 is 0 Å². The number of rotatable bonds is 5. The Labute approximate surface area is 113 Å². The monoisotopic (exact) mass is 269 g/mol. The molecular formula is C13H20ClN3O. The summed E-state index contributed by atoms with van der Waals surface area (Å²) in [5.41, 5.74) is 1.85. The molecule has 1 aromatic heterocycles. The van der Waals surface area contributed by atoms with Crippen molar-refractivity contribution in [1.29, 1.82) is 0 Å². The first-order chi connectivity index (χ1) is 8.79. The van der Waals surface area contributed by atoms with E-state index in [9.17, 15) is 0 Å². The molecule has 1 aromatic rings. The Morgan fingerprint density at radius 3 is 2.78 bits per heavy atom. The number of halogens is 1. The van der Waals surface area contributed by atoms with E-state index >= 15 is 0 Å². The number of alkyl halides is 1. The number of likely N-dealkylation sites (tertiary alicyclic amines) is 1. The molecule has 0 amide bonds. The van der Waals surface area contributed by atoms with E-state index in [1.54, 1.807) is 6.20 Å². The molecule has 0 atom stereocenters. The predicted molar refractivity (Wildman–Crippen MR) is 72.1 cm³/mol. The van der Waals surface area contributed by atoms with Gasteiger partial charge in [-0.05, 0) is 32.9 Å². The Kier molecular flexibility index (Phi) is 5.20. The Morgan fingerprint density at radius 1 is 1.33 bits per heavy atom. The smallest absolute Gasteiger partial charge is 0.316 e. The lowest BCUT2D eigenvalue weighted by Gasteiger charge is -2.25. The van der Waals surface area contributed by atoms with Crippen LogP contribution in [0.25, 0.3) is 0 Å². The molecular weight excluding hydrogens is 250 g/mol. The Bertz CT molecular complexity index is 380. The largest absolute Gasteiger partial charge is 0.462 e. The first kappa shape index (κ1) is 13.6. The molecule has 1 saturated heterocycles. The van der Waals surface area contributed by atoms with E-state index in [0.717, 1.165) is 17.8 Å². The van der Waals surface area contributed by atoms with E-state index in [0.29, 0.717) is 18.5 Å². The van der Waals surface area contributed by atoms with Gasteiger partial charge in [0.05, 0.1) is 5.88 Å². The molecule has 0 saturated carbocycles. The van der Waals surface area contributed by atoms with Gasteiger partial charge in [0.2, 0.25) is 0 Å². The van der Waals surface area contributed by atoms with E-state index in [2.05, 4.69) is 14.9 Å². The minimum Gasteiger partial charge on any atom is -0.462 e. The number of hydrogen-bond donors (Lipinski definition) is 0. The van der Waals surface area contributed by atoms with Gasteiger partial charge in [-0.2, -0.15) is 0 Å². The molecule has 2 heterocycles. The van der Waals surface area contributed by atoms with Crippen molar-refractivity contribution in [3.05, 3.63) is 17.5 Å². The molecule has 18 heavy (non-hydrogen) atoms. The number of hydrogen-bond acceptors (Lipinski definition) is 4. The molecule has 0 aromatic carbocycles.